The van der Waals surface area contributed by atoms with E-state index in [1.54, 1.807) is 36.6 Å². The van der Waals surface area contributed by atoms with E-state index in [1.165, 1.54) is 10.7 Å². The Labute approximate surface area is 123 Å². The fourth-order valence-electron chi connectivity index (χ4n) is 2.19. The third-order valence-electron chi connectivity index (χ3n) is 3.15. The maximum atomic E-state index is 9.49. The molecule has 1 aromatic carbocycles. The third kappa shape index (κ3) is 1.94. The van der Waals surface area contributed by atoms with E-state index in [1.807, 2.05) is 0 Å². The average Bonchev–Trinajstić information content (AvgIpc) is 3.15. The van der Waals surface area contributed by atoms with Gasteiger partial charge in [-0.2, -0.15) is 9.67 Å². The molecule has 0 radical (unpaired) electrons. The van der Waals surface area contributed by atoms with Crippen LogP contribution in [-0.2, 0) is 0 Å². The lowest BCUT2D eigenvalue weighted by Crippen LogP contribution is -2.05. The van der Waals surface area contributed by atoms with Crippen molar-refractivity contribution in [3.8, 4) is 23.0 Å². The predicted molar refractivity (Wildman–Crippen MR) is 78.2 cm³/mol. The van der Waals surface area contributed by atoms with Crippen molar-refractivity contribution < 1.29 is 9.52 Å². The van der Waals surface area contributed by atoms with E-state index in [9.17, 15) is 5.11 Å². The van der Waals surface area contributed by atoms with E-state index in [2.05, 4.69) is 20.3 Å². The molecule has 4 aromatic rings. The Balaban J connectivity index is 1.91. The fourth-order valence-corrected chi connectivity index (χ4v) is 2.19. The minimum atomic E-state index is 0.103. The molecule has 22 heavy (non-hydrogen) atoms. The van der Waals surface area contributed by atoms with Crippen LogP contribution in [0.5, 0.6) is 5.75 Å². The molecule has 4 rings (SSSR count). The zero-order valence-corrected chi connectivity index (χ0v) is 11.2. The van der Waals surface area contributed by atoms with Gasteiger partial charge in [0, 0.05) is 12.1 Å². The van der Waals surface area contributed by atoms with Crippen molar-refractivity contribution in [3.63, 3.8) is 0 Å². The second kappa shape index (κ2) is 4.55. The van der Waals surface area contributed by atoms with Gasteiger partial charge in [-0.15, -0.1) is 5.10 Å². The third-order valence-corrected chi connectivity index (χ3v) is 3.15. The molecular formula is C14H10N6O2. The number of hydrogen-bond donors (Lipinski definition) is 2. The highest BCUT2D eigenvalue weighted by atomic mass is 16.3. The van der Waals surface area contributed by atoms with Crippen LogP contribution < -0.4 is 5.73 Å². The molecule has 0 bridgehead atoms. The van der Waals surface area contributed by atoms with Gasteiger partial charge < -0.3 is 15.3 Å². The summed E-state index contributed by atoms with van der Waals surface area (Å²) in [5, 5.41) is 17.5. The van der Waals surface area contributed by atoms with E-state index in [4.69, 9.17) is 10.2 Å². The summed E-state index contributed by atoms with van der Waals surface area (Å²) in [5.74, 6) is 1.27. The zero-order chi connectivity index (χ0) is 15.1. The maximum Gasteiger partial charge on any atom is 0.222 e. The summed E-state index contributed by atoms with van der Waals surface area (Å²) in [5.41, 5.74) is 7.57. The zero-order valence-electron chi connectivity index (χ0n) is 11.2. The summed E-state index contributed by atoms with van der Waals surface area (Å²) in [7, 11) is 0. The number of aromatic hydroxyl groups is 1. The first-order chi connectivity index (χ1) is 10.7. The van der Waals surface area contributed by atoms with Crippen LogP contribution in [0.4, 0.5) is 5.95 Å². The molecule has 3 heterocycles. The molecule has 0 aliphatic carbocycles. The molecular weight excluding hydrogens is 284 g/mol. The summed E-state index contributed by atoms with van der Waals surface area (Å²) < 4.78 is 6.85. The average molecular weight is 294 g/mol. The summed E-state index contributed by atoms with van der Waals surface area (Å²) in [4.78, 5) is 8.33. The highest BCUT2D eigenvalue weighted by Gasteiger charge is 2.12. The minimum Gasteiger partial charge on any atom is -0.508 e. The fraction of sp³-hybridized carbons (Fsp3) is 0. The summed E-state index contributed by atoms with van der Waals surface area (Å²) in [6, 6.07) is 10.0. The molecule has 0 unspecified atom stereocenters. The van der Waals surface area contributed by atoms with Crippen molar-refractivity contribution in [2.24, 2.45) is 0 Å². The van der Waals surface area contributed by atoms with Crippen LogP contribution in [0.1, 0.15) is 0 Å². The number of nitrogens with two attached hydrogens (primary N) is 1. The van der Waals surface area contributed by atoms with Gasteiger partial charge in [-0.05, 0) is 24.3 Å². The van der Waals surface area contributed by atoms with E-state index >= 15 is 0 Å². The molecule has 0 amide bonds. The molecule has 0 atom stereocenters. The normalized spacial score (nSPS) is 11.1. The van der Waals surface area contributed by atoms with Crippen LogP contribution in [0.3, 0.4) is 0 Å². The first-order valence-corrected chi connectivity index (χ1v) is 6.44. The monoisotopic (exact) mass is 294 g/mol. The number of rotatable bonds is 2. The minimum absolute atomic E-state index is 0.103. The number of fused-ring (bicyclic) bond motifs is 1. The number of aromatic nitrogens is 5. The Morgan fingerprint density at radius 2 is 2.05 bits per heavy atom. The van der Waals surface area contributed by atoms with Crippen LogP contribution >= 0.6 is 0 Å². The standard InChI is InChI=1S/C14H10N6O2/c15-14-16-10(12-2-1-5-22-12)7-13(17-14)20-11-4-3-8(21)6-9(11)18-19-20/h1-7,21H,(H2,15,16,17). The molecule has 0 saturated carbocycles. The van der Waals surface area contributed by atoms with Gasteiger partial charge in [0.15, 0.2) is 11.6 Å². The molecule has 0 spiro atoms. The summed E-state index contributed by atoms with van der Waals surface area (Å²) in [6.45, 7) is 0. The van der Waals surface area contributed by atoms with Crippen LogP contribution in [0.2, 0.25) is 0 Å². The van der Waals surface area contributed by atoms with E-state index < -0.39 is 0 Å². The van der Waals surface area contributed by atoms with Crippen LogP contribution in [0, 0.1) is 0 Å². The number of nitrogens with zero attached hydrogens (tertiary/aromatic N) is 5. The van der Waals surface area contributed by atoms with Crippen LogP contribution in [0.25, 0.3) is 28.3 Å². The SMILES string of the molecule is Nc1nc(-c2ccco2)cc(-n2nnc3cc(O)ccc32)n1. The van der Waals surface area contributed by atoms with Gasteiger partial charge in [-0.25, -0.2) is 4.98 Å². The number of nitrogen functional groups attached to an aromatic ring is 1. The molecule has 0 aliphatic heterocycles. The molecule has 8 heteroatoms. The smallest absolute Gasteiger partial charge is 0.222 e. The van der Waals surface area contributed by atoms with Crippen molar-refractivity contribution in [1.82, 2.24) is 25.0 Å². The van der Waals surface area contributed by atoms with Crippen LogP contribution in [-0.4, -0.2) is 30.1 Å². The van der Waals surface area contributed by atoms with E-state index in [0.29, 0.717) is 28.3 Å². The van der Waals surface area contributed by atoms with Gasteiger partial charge in [-0.1, -0.05) is 5.21 Å². The van der Waals surface area contributed by atoms with Crippen molar-refractivity contribution in [2.45, 2.75) is 0 Å². The lowest BCUT2D eigenvalue weighted by molar-refractivity contribution is 0.476. The molecule has 0 fully saturated rings. The van der Waals surface area contributed by atoms with Crippen LogP contribution in [0.15, 0.2) is 47.1 Å². The maximum absolute atomic E-state index is 9.49. The van der Waals surface area contributed by atoms with Gasteiger partial charge >= 0.3 is 0 Å². The first-order valence-electron chi connectivity index (χ1n) is 6.44. The summed E-state index contributed by atoms with van der Waals surface area (Å²) in [6.07, 6.45) is 1.56. The highest BCUT2D eigenvalue weighted by Crippen LogP contribution is 2.23. The Hall–Kier alpha value is -3.42. The molecule has 0 aliphatic rings. The number of benzene rings is 1. The van der Waals surface area contributed by atoms with Gasteiger partial charge in [0.1, 0.15) is 17.0 Å². The van der Waals surface area contributed by atoms with Crippen molar-refractivity contribution in [1.29, 1.82) is 0 Å². The summed E-state index contributed by atoms with van der Waals surface area (Å²) >= 11 is 0. The van der Waals surface area contributed by atoms with Crippen molar-refractivity contribution in [2.75, 3.05) is 5.73 Å². The van der Waals surface area contributed by atoms with E-state index in [-0.39, 0.29) is 11.7 Å². The van der Waals surface area contributed by atoms with Gasteiger partial charge in [0.25, 0.3) is 0 Å². The number of phenols is 1. The molecule has 8 nitrogen and oxygen atoms in total. The molecule has 3 N–H and O–H groups in total. The highest BCUT2D eigenvalue weighted by molar-refractivity contribution is 5.77. The lowest BCUT2D eigenvalue weighted by Gasteiger charge is -2.04. The van der Waals surface area contributed by atoms with Crippen molar-refractivity contribution >= 4 is 17.0 Å². The van der Waals surface area contributed by atoms with Gasteiger partial charge in [-0.3, -0.25) is 0 Å². The molecule has 0 saturated heterocycles. The Kier molecular flexibility index (Phi) is 2.55. The molecule has 3 aromatic heterocycles. The largest absolute Gasteiger partial charge is 0.508 e. The quantitative estimate of drug-likeness (QED) is 0.578. The van der Waals surface area contributed by atoms with Crippen molar-refractivity contribution in [3.05, 3.63) is 42.7 Å². The van der Waals surface area contributed by atoms with Gasteiger partial charge in [0.05, 0.1) is 11.8 Å². The number of hydrogen-bond acceptors (Lipinski definition) is 7. The number of phenolic OH excluding ortho intramolecular Hbond substituents is 1. The van der Waals surface area contributed by atoms with Gasteiger partial charge in [0.2, 0.25) is 5.95 Å². The Morgan fingerprint density at radius 1 is 1.14 bits per heavy atom. The predicted octanol–water partition coefficient (Wildman–Crippen LogP) is 1.76. The lowest BCUT2D eigenvalue weighted by atomic mass is 10.3. The number of furan rings is 1. The first kappa shape index (κ1) is 12.3. The second-order valence-electron chi connectivity index (χ2n) is 4.62. The van der Waals surface area contributed by atoms with E-state index in [0.717, 1.165) is 0 Å². The molecule has 108 valence electrons. The Morgan fingerprint density at radius 3 is 2.86 bits per heavy atom. The number of anilines is 1. The Bertz CT molecular complexity index is 961. The topological polar surface area (TPSA) is 116 Å². The second-order valence-corrected chi connectivity index (χ2v) is 4.62.